The number of fused-ring (bicyclic) bond motifs is 1. The van der Waals surface area contributed by atoms with Gasteiger partial charge in [0.25, 0.3) is 0 Å². The zero-order valence-corrected chi connectivity index (χ0v) is 13.3. The molecule has 120 valence electrons. The summed E-state index contributed by atoms with van der Waals surface area (Å²) in [6.45, 7) is 3.27. The number of para-hydroxylation sites is 1. The van der Waals surface area contributed by atoms with E-state index in [9.17, 15) is 0 Å². The van der Waals surface area contributed by atoms with Crippen LogP contribution in [0.3, 0.4) is 0 Å². The Bertz CT molecular complexity index is 972. The van der Waals surface area contributed by atoms with E-state index in [0.29, 0.717) is 13.2 Å². The van der Waals surface area contributed by atoms with Crippen molar-refractivity contribution in [3.05, 3.63) is 67.1 Å². The summed E-state index contributed by atoms with van der Waals surface area (Å²) in [7, 11) is 0. The molecule has 0 atom stereocenters. The number of nitrogens with zero attached hydrogens (tertiary/aromatic N) is 5. The monoisotopic (exact) mass is 319 g/mol. The maximum absolute atomic E-state index is 5.74. The highest BCUT2D eigenvalue weighted by Gasteiger charge is 2.13. The quantitative estimate of drug-likeness (QED) is 0.567. The normalized spacial score (nSPS) is 11.0. The van der Waals surface area contributed by atoms with Crippen molar-refractivity contribution in [3.63, 3.8) is 0 Å². The van der Waals surface area contributed by atoms with Gasteiger partial charge in [-0.3, -0.25) is 9.38 Å². The first-order valence-electron chi connectivity index (χ1n) is 7.86. The third-order valence-electron chi connectivity index (χ3n) is 3.87. The molecule has 4 aromatic rings. The molecule has 24 heavy (non-hydrogen) atoms. The molecule has 0 N–H and O–H groups in total. The van der Waals surface area contributed by atoms with Gasteiger partial charge in [0.2, 0.25) is 0 Å². The predicted octanol–water partition coefficient (Wildman–Crippen LogP) is 3.04. The molecule has 0 aliphatic rings. The lowest BCUT2D eigenvalue weighted by Gasteiger charge is -2.12. The van der Waals surface area contributed by atoms with E-state index in [-0.39, 0.29) is 0 Å². The summed E-state index contributed by atoms with van der Waals surface area (Å²) in [5.41, 5.74) is 2.89. The second-order valence-electron chi connectivity index (χ2n) is 5.36. The van der Waals surface area contributed by atoms with Crippen LogP contribution in [0.2, 0.25) is 0 Å². The van der Waals surface area contributed by atoms with Gasteiger partial charge in [-0.05, 0) is 19.1 Å². The average Bonchev–Trinajstić information content (AvgIpc) is 3.24. The molecule has 3 aromatic heterocycles. The molecule has 0 aliphatic heterocycles. The minimum absolute atomic E-state index is 0.623. The maximum Gasteiger partial charge on any atom is 0.155 e. The highest BCUT2D eigenvalue weighted by Crippen LogP contribution is 2.29. The molecule has 0 aliphatic carbocycles. The van der Waals surface area contributed by atoms with Gasteiger partial charge < -0.3 is 9.30 Å². The van der Waals surface area contributed by atoms with Gasteiger partial charge in [0.1, 0.15) is 11.6 Å². The van der Waals surface area contributed by atoms with Crippen LogP contribution in [0.5, 0.6) is 5.75 Å². The molecule has 6 heteroatoms. The highest BCUT2D eigenvalue weighted by atomic mass is 16.5. The minimum atomic E-state index is 0.623. The molecule has 6 nitrogen and oxygen atoms in total. The molecule has 0 radical (unpaired) electrons. The largest absolute Gasteiger partial charge is 0.493 e. The first-order chi connectivity index (χ1) is 11.9. The topological polar surface area (TPSA) is 57.2 Å². The van der Waals surface area contributed by atoms with Gasteiger partial charge in [-0.15, -0.1) is 0 Å². The Labute approximate surface area is 139 Å². The van der Waals surface area contributed by atoms with Crippen molar-refractivity contribution in [2.45, 2.75) is 13.5 Å². The van der Waals surface area contributed by atoms with Gasteiger partial charge in [0.15, 0.2) is 5.65 Å². The van der Waals surface area contributed by atoms with Crippen molar-refractivity contribution >= 4 is 5.65 Å². The Morgan fingerprint density at radius 1 is 1.04 bits per heavy atom. The summed E-state index contributed by atoms with van der Waals surface area (Å²) < 4.78 is 9.87. The molecule has 0 unspecified atom stereocenters. The Morgan fingerprint density at radius 3 is 2.88 bits per heavy atom. The van der Waals surface area contributed by atoms with Crippen LogP contribution in [0.4, 0.5) is 0 Å². The van der Waals surface area contributed by atoms with E-state index in [1.54, 1.807) is 12.4 Å². The fourth-order valence-corrected chi connectivity index (χ4v) is 2.80. The molecule has 0 amide bonds. The van der Waals surface area contributed by atoms with Crippen molar-refractivity contribution in [2.75, 3.05) is 6.61 Å². The molecule has 0 bridgehead atoms. The summed E-state index contributed by atoms with van der Waals surface area (Å²) in [5, 5.41) is 0. The summed E-state index contributed by atoms with van der Waals surface area (Å²) in [5.74, 6) is 1.72. The van der Waals surface area contributed by atoms with Crippen LogP contribution in [0.25, 0.3) is 17.0 Å². The van der Waals surface area contributed by atoms with Gasteiger partial charge in [0.05, 0.1) is 36.8 Å². The van der Waals surface area contributed by atoms with Crippen LogP contribution in [-0.4, -0.2) is 30.5 Å². The second kappa shape index (κ2) is 6.16. The molecule has 1 aromatic carbocycles. The SMILES string of the molecule is CCOc1ccccc1-c1nccn1Cc1cnc2cnccn12. The zero-order valence-electron chi connectivity index (χ0n) is 13.3. The molecule has 0 fully saturated rings. The molecule has 0 saturated carbocycles. The average molecular weight is 319 g/mol. The number of hydrogen-bond acceptors (Lipinski definition) is 4. The van der Waals surface area contributed by atoms with Crippen molar-refractivity contribution in [3.8, 4) is 17.1 Å². The smallest absolute Gasteiger partial charge is 0.155 e. The van der Waals surface area contributed by atoms with Gasteiger partial charge in [-0.25, -0.2) is 9.97 Å². The fraction of sp³-hybridized carbons (Fsp3) is 0.167. The first kappa shape index (κ1) is 14.4. The van der Waals surface area contributed by atoms with E-state index in [0.717, 1.165) is 28.5 Å². The Morgan fingerprint density at radius 2 is 1.96 bits per heavy atom. The third kappa shape index (κ3) is 2.52. The molecule has 4 rings (SSSR count). The van der Waals surface area contributed by atoms with Crippen molar-refractivity contribution < 1.29 is 4.74 Å². The van der Waals surface area contributed by atoms with Crippen LogP contribution in [-0.2, 0) is 6.54 Å². The van der Waals surface area contributed by atoms with Gasteiger partial charge in [0, 0.05) is 24.8 Å². The van der Waals surface area contributed by atoms with Crippen molar-refractivity contribution in [1.82, 2.24) is 23.9 Å². The zero-order chi connectivity index (χ0) is 16.4. The van der Waals surface area contributed by atoms with Gasteiger partial charge >= 0.3 is 0 Å². The van der Waals surface area contributed by atoms with E-state index in [1.807, 2.05) is 60.4 Å². The molecule has 0 spiro atoms. The van der Waals surface area contributed by atoms with Gasteiger partial charge in [-0.1, -0.05) is 12.1 Å². The summed E-state index contributed by atoms with van der Waals surface area (Å²) in [4.78, 5) is 13.0. The van der Waals surface area contributed by atoms with Crippen LogP contribution in [0.1, 0.15) is 12.6 Å². The number of imidazole rings is 2. The maximum atomic E-state index is 5.74. The van der Waals surface area contributed by atoms with Crippen LogP contribution >= 0.6 is 0 Å². The van der Waals surface area contributed by atoms with Crippen molar-refractivity contribution in [1.29, 1.82) is 0 Å². The Hall–Kier alpha value is -3.15. The van der Waals surface area contributed by atoms with E-state index in [1.165, 1.54) is 0 Å². The number of ether oxygens (including phenoxy) is 1. The molecular formula is C18H17N5O. The van der Waals surface area contributed by atoms with Crippen LogP contribution < -0.4 is 4.74 Å². The summed E-state index contributed by atoms with van der Waals surface area (Å²) >= 11 is 0. The molecule has 3 heterocycles. The summed E-state index contributed by atoms with van der Waals surface area (Å²) in [6, 6.07) is 7.97. The standard InChI is InChI=1S/C18H17N5O/c1-2-24-16-6-4-3-5-15(16)18-20-8-9-22(18)13-14-11-21-17-12-19-7-10-23(14)17/h3-12H,2,13H2,1H3. The van der Waals surface area contributed by atoms with E-state index >= 15 is 0 Å². The minimum Gasteiger partial charge on any atom is -0.493 e. The predicted molar refractivity (Wildman–Crippen MR) is 90.9 cm³/mol. The van der Waals surface area contributed by atoms with Crippen LogP contribution in [0.15, 0.2) is 61.4 Å². The lowest BCUT2D eigenvalue weighted by atomic mass is 10.2. The van der Waals surface area contributed by atoms with Crippen LogP contribution in [0, 0.1) is 0 Å². The lowest BCUT2D eigenvalue weighted by molar-refractivity contribution is 0.341. The number of rotatable bonds is 5. The molecule has 0 saturated heterocycles. The van der Waals surface area contributed by atoms with E-state index in [4.69, 9.17) is 4.74 Å². The number of aromatic nitrogens is 5. The Kier molecular flexibility index (Phi) is 3.70. The van der Waals surface area contributed by atoms with E-state index < -0.39 is 0 Å². The van der Waals surface area contributed by atoms with E-state index in [2.05, 4.69) is 19.5 Å². The number of benzene rings is 1. The van der Waals surface area contributed by atoms with Gasteiger partial charge in [-0.2, -0.15) is 0 Å². The lowest BCUT2D eigenvalue weighted by Crippen LogP contribution is -2.05. The third-order valence-corrected chi connectivity index (χ3v) is 3.87. The second-order valence-corrected chi connectivity index (χ2v) is 5.36. The number of hydrogen-bond donors (Lipinski definition) is 0. The Balaban J connectivity index is 1.73. The summed E-state index contributed by atoms with van der Waals surface area (Å²) in [6.07, 6.45) is 11.1. The van der Waals surface area contributed by atoms with Crippen molar-refractivity contribution in [2.24, 2.45) is 0 Å². The highest BCUT2D eigenvalue weighted by molar-refractivity contribution is 5.64. The first-order valence-corrected chi connectivity index (χ1v) is 7.86. The fourth-order valence-electron chi connectivity index (χ4n) is 2.80. The molecular weight excluding hydrogens is 302 g/mol.